The van der Waals surface area contributed by atoms with E-state index in [1.807, 2.05) is 42.5 Å². The number of anilines is 1. The standard InChI is InChI=1S/C12H11BrN2/c13-8-11-6-10(14)7-12(15-11)9-4-2-1-3-5-9/h1-7H,8H2,(H2,14,15). The lowest BCUT2D eigenvalue weighted by atomic mass is 10.1. The molecular weight excluding hydrogens is 252 g/mol. The molecule has 0 amide bonds. The van der Waals surface area contributed by atoms with Crippen LogP contribution in [0.2, 0.25) is 0 Å². The molecule has 2 rings (SSSR count). The zero-order chi connectivity index (χ0) is 10.7. The number of halogens is 1. The Morgan fingerprint density at radius 3 is 2.53 bits per heavy atom. The molecule has 1 aromatic heterocycles. The summed E-state index contributed by atoms with van der Waals surface area (Å²) in [5.41, 5.74) is 9.52. The van der Waals surface area contributed by atoms with Gasteiger partial charge in [0.05, 0.1) is 11.4 Å². The highest BCUT2D eigenvalue weighted by Crippen LogP contribution is 2.20. The van der Waals surface area contributed by atoms with Crippen LogP contribution in [0.3, 0.4) is 0 Å². The van der Waals surface area contributed by atoms with E-state index in [0.29, 0.717) is 0 Å². The van der Waals surface area contributed by atoms with E-state index in [1.54, 1.807) is 0 Å². The maximum absolute atomic E-state index is 5.81. The summed E-state index contributed by atoms with van der Waals surface area (Å²) in [6.07, 6.45) is 0. The van der Waals surface area contributed by atoms with Crippen LogP contribution < -0.4 is 5.73 Å². The molecule has 0 aliphatic rings. The first-order valence-electron chi connectivity index (χ1n) is 4.67. The summed E-state index contributed by atoms with van der Waals surface area (Å²) in [4.78, 5) is 4.50. The summed E-state index contributed by atoms with van der Waals surface area (Å²) in [6, 6.07) is 13.8. The number of benzene rings is 1. The van der Waals surface area contributed by atoms with Crippen LogP contribution in [0, 0.1) is 0 Å². The number of hydrogen-bond acceptors (Lipinski definition) is 2. The minimum atomic E-state index is 0.720. The Kier molecular flexibility index (Phi) is 3.02. The molecule has 1 aromatic carbocycles. The molecule has 0 atom stereocenters. The summed E-state index contributed by atoms with van der Waals surface area (Å²) in [5, 5.41) is 0.720. The molecule has 0 saturated carbocycles. The average Bonchev–Trinajstić information content (AvgIpc) is 2.29. The largest absolute Gasteiger partial charge is 0.399 e. The van der Waals surface area contributed by atoms with Gasteiger partial charge in [-0.05, 0) is 12.1 Å². The second-order valence-corrected chi connectivity index (χ2v) is 3.84. The van der Waals surface area contributed by atoms with E-state index < -0.39 is 0 Å². The molecule has 0 spiro atoms. The van der Waals surface area contributed by atoms with Crippen LogP contribution in [-0.4, -0.2) is 4.98 Å². The lowest BCUT2D eigenvalue weighted by molar-refractivity contribution is 1.19. The van der Waals surface area contributed by atoms with Crippen LogP contribution in [0.4, 0.5) is 5.69 Å². The Morgan fingerprint density at radius 2 is 1.87 bits per heavy atom. The number of pyridine rings is 1. The molecule has 2 aromatic rings. The Hall–Kier alpha value is -1.35. The van der Waals surface area contributed by atoms with Gasteiger partial charge in [0.25, 0.3) is 0 Å². The van der Waals surface area contributed by atoms with Crippen LogP contribution in [0.1, 0.15) is 5.69 Å². The van der Waals surface area contributed by atoms with Gasteiger partial charge in [-0.2, -0.15) is 0 Å². The van der Waals surface area contributed by atoms with Crippen molar-refractivity contribution in [2.75, 3.05) is 5.73 Å². The summed E-state index contributed by atoms with van der Waals surface area (Å²) >= 11 is 3.38. The van der Waals surface area contributed by atoms with Crippen LogP contribution in [-0.2, 0) is 5.33 Å². The molecule has 2 nitrogen and oxygen atoms in total. The van der Waals surface area contributed by atoms with E-state index in [2.05, 4.69) is 20.9 Å². The normalized spacial score (nSPS) is 10.2. The van der Waals surface area contributed by atoms with Crippen molar-refractivity contribution in [1.82, 2.24) is 4.98 Å². The number of hydrogen-bond donors (Lipinski definition) is 1. The van der Waals surface area contributed by atoms with E-state index in [4.69, 9.17) is 5.73 Å². The van der Waals surface area contributed by atoms with E-state index in [1.165, 1.54) is 0 Å². The minimum Gasteiger partial charge on any atom is -0.399 e. The first kappa shape index (κ1) is 10.2. The molecule has 15 heavy (non-hydrogen) atoms. The molecule has 2 N–H and O–H groups in total. The van der Waals surface area contributed by atoms with Crippen molar-refractivity contribution in [3.8, 4) is 11.3 Å². The topological polar surface area (TPSA) is 38.9 Å². The second-order valence-electron chi connectivity index (χ2n) is 3.28. The highest BCUT2D eigenvalue weighted by atomic mass is 79.9. The summed E-state index contributed by atoms with van der Waals surface area (Å²) in [7, 11) is 0. The van der Waals surface area contributed by atoms with Gasteiger partial charge >= 0.3 is 0 Å². The Morgan fingerprint density at radius 1 is 1.13 bits per heavy atom. The molecule has 3 heteroatoms. The van der Waals surface area contributed by atoms with Crippen molar-refractivity contribution in [3.05, 3.63) is 48.2 Å². The number of alkyl halides is 1. The number of rotatable bonds is 2. The third-order valence-corrected chi connectivity index (χ3v) is 2.68. The molecule has 1 heterocycles. The Balaban J connectivity index is 2.49. The van der Waals surface area contributed by atoms with Gasteiger partial charge in [-0.3, -0.25) is 4.98 Å². The summed E-state index contributed by atoms with van der Waals surface area (Å²) in [6.45, 7) is 0. The lowest BCUT2D eigenvalue weighted by Gasteiger charge is -2.04. The fourth-order valence-corrected chi connectivity index (χ4v) is 1.72. The van der Waals surface area contributed by atoms with Crippen LogP contribution in [0.5, 0.6) is 0 Å². The molecule has 0 saturated heterocycles. The van der Waals surface area contributed by atoms with Crippen molar-refractivity contribution in [2.45, 2.75) is 5.33 Å². The first-order chi connectivity index (χ1) is 7.29. The van der Waals surface area contributed by atoms with E-state index in [0.717, 1.165) is 28.0 Å². The van der Waals surface area contributed by atoms with Crippen molar-refractivity contribution >= 4 is 21.6 Å². The second kappa shape index (κ2) is 4.45. The minimum absolute atomic E-state index is 0.720. The van der Waals surface area contributed by atoms with Crippen LogP contribution in [0.25, 0.3) is 11.3 Å². The smallest absolute Gasteiger partial charge is 0.0726 e. The molecular formula is C12H11BrN2. The monoisotopic (exact) mass is 262 g/mol. The van der Waals surface area contributed by atoms with Gasteiger partial charge in [-0.25, -0.2) is 0 Å². The van der Waals surface area contributed by atoms with Gasteiger partial charge in [0.1, 0.15) is 0 Å². The van der Waals surface area contributed by atoms with Gasteiger partial charge in [0.15, 0.2) is 0 Å². The van der Waals surface area contributed by atoms with Gasteiger partial charge in [0, 0.05) is 16.6 Å². The lowest BCUT2D eigenvalue weighted by Crippen LogP contribution is -1.93. The number of nitrogen functional groups attached to an aromatic ring is 1. The van der Waals surface area contributed by atoms with Crippen molar-refractivity contribution in [3.63, 3.8) is 0 Å². The maximum Gasteiger partial charge on any atom is 0.0726 e. The van der Waals surface area contributed by atoms with Crippen LogP contribution in [0.15, 0.2) is 42.5 Å². The molecule has 0 aliphatic carbocycles. The maximum atomic E-state index is 5.81. The predicted molar refractivity (Wildman–Crippen MR) is 66.7 cm³/mol. The fourth-order valence-electron chi connectivity index (χ4n) is 1.44. The highest BCUT2D eigenvalue weighted by Gasteiger charge is 2.01. The predicted octanol–water partition coefficient (Wildman–Crippen LogP) is 3.23. The third kappa shape index (κ3) is 2.36. The molecule has 0 radical (unpaired) electrons. The summed E-state index contributed by atoms with van der Waals surface area (Å²) in [5.74, 6) is 0. The third-order valence-electron chi connectivity index (χ3n) is 2.11. The molecule has 0 bridgehead atoms. The zero-order valence-corrected chi connectivity index (χ0v) is 9.74. The molecule has 0 fully saturated rings. The molecule has 0 unspecified atom stereocenters. The quantitative estimate of drug-likeness (QED) is 0.845. The fraction of sp³-hybridized carbons (Fsp3) is 0.0833. The molecule has 0 aliphatic heterocycles. The van der Waals surface area contributed by atoms with Crippen molar-refractivity contribution in [1.29, 1.82) is 0 Å². The highest BCUT2D eigenvalue weighted by molar-refractivity contribution is 9.08. The van der Waals surface area contributed by atoms with E-state index in [-0.39, 0.29) is 0 Å². The van der Waals surface area contributed by atoms with Crippen molar-refractivity contribution < 1.29 is 0 Å². The Labute approximate surface area is 97.3 Å². The van der Waals surface area contributed by atoms with Gasteiger partial charge < -0.3 is 5.73 Å². The van der Waals surface area contributed by atoms with E-state index >= 15 is 0 Å². The number of nitrogens with two attached hydrogens (primary N) is 1. The van der Waals surface area contributed by atoms with Crippen LogP contribution >= 0.6 is 15.9 Å². The number of aromatic nitrogens is 1. The average molecular weight is 263 g/mol. The zero-order valence-electron chi connectivity index (χ0n) is 8.15. The van der Waals surface area contributed by atoms with Gasteiger partial charge in [0.2, 0.25) is 0 Å². The number of nitrogens with zero attached hydrogens (tertiary/aromatic N) is 1. The molecule has 76 valence electrons. The SMILES string of the molecule is Nc1cc(CBr)nc(-c2ccccc2)c1. The summed E-state index contributed by atoms with van der Waals surface area (Å²) < 4.78 is 0. The van der Waals surface area contributed by atoms with Crippen molar-refractivity contribution in [2.24, 2.45) is 0 Å². The first-order valence-corrected chi connectivity index (χ1v) is 5.79. The Bertz CT molecular complexity index is 454. The van der Waals surface area contributed by atoms with E-state index in [9.17, 15) is 0 Å². The van der Waals surface area contributed by atoms with Gasteiger partial charge in [-0.15, -0.1) is 0 Å². The van der Waals surface area contributed by atoms with Gasteiger partial charge in [-0.1, -0.05) is 46.3 Å².